The van der Waals surface area contributed by atoms with Crippen LogP contribution in [0.3, 0.4) is 0 Å². The van der Waals surface area contributed by atoms with E-state index in [-0.39, 0.29) is 11.8 Å². The fourth-order valence-electron chi connectivity index (χ4n) is 4.83. The molecule has 2 heterocycles. The molecule has 1 aromatic carbocycles. The van der Waals surface area contributed by atoms with E-state index in [1.807, 2.05) is 12.1 Å². The second-order valence-corrected chi connectivity index (χ2v) is 9.46. The van der Waals surface area contributed by atoms with Crippen molar-refractivity contribution in [1.29, 1.82) is 0 Å². The Kier molecular flexibility index (Phi) is 8.19. The minimum atomic E-state index is 0.177. The number of nitrogens with one attached hydrogen (secondary N) is 1. The van der Waals surface area contributed by atoms with Gasteiger partial charge in [0.05, 0.1) is 0 Å². The van der Waals surface area contributed by atoms with Crippen molar-refractivity contribution >= 4 is 17.5 Å². The lowest BCUT2D eigenvalue weighted by Crippen LogP contribution is -2.42. The summed E-state index contributed by atoms with van der Waals surface area (Å²) in [7, 11) is 0. The number of halogens is 1. The zero-order valence-corrected chi connectivity index (χ0v) is 18.3. The predicted octanol–water partition coefficient (Wildman–Crippen LogP) is 4.04. The molecule has 0 bridgehead atoms. The van der Waals surface area contributed by atoms with Gasteiger partial charge in [-0.1, -0.05) is 37.6 Å². The van der Waals surface area contributed by atoms with Crippen LogP contribution in [0.15, 0.2) is 24.3 Å². The van der Waals surface area contributed by atoms with E-state index in [4.69, 9.17) is 11.6 Å². The topological polar surface area (TPSA) is 35.6 Å². The van der Waals surface area contributed by atoms with Crippen molar-refractivity contribution in [3.05, 3.63) is 34.9 Å². The van der Waals surface area contributed by atoms with Gasteiger partial charge in [0.2, 0.25) is 5.91 Å². The van der Waals surface area contributed by atoms with E-state index in [0.717, 1.165) is 68.8 Å². The summed E-state index contributed by atoms with van der Waals surface area (Å²) in [4.78, 5) is 17.5. The molecule has 0 spiro atoms. The third-order valence-corrected chi connectivity index (χ3v) is 6.42. The van der Waals surface area contributed by atoms with Crippen LogP contribution in [-0.2, 0) is 11.3 Å². The van der Waals surface area contributed by atoms with Gasteiger partial charge in [-0.15, -0.1) is 0 Å². The Morgan fingerprint density at radius 3 is 2.36 bits per heavy atom. The van der Waals surface area contributed by atoms with Gasteiger partial charge in [-0.3, -0.25) is 9.69 Å². The highest BCUT2D eigenvalue weighted by atomic mass is 35.5. The third kappa shape index (κ3) is 6.75. The van der Waals surface area contributed by atoms with Gasteiger partial charge in [0.1, 0.15) is 0 Å². The van der Waals surface area contributed by atoms with Crippen LogP contribution in [0.2, 0.25) is 5.02 Å². The fourth-order valence-corrected chi connectivity index (χ4v) is 4.96. The van der Waals surface area contributed by atoms with E-state index in [0.29, 0.717) is 0 Å². The van der Waals surface area contributed by atoms with Crippen LogP contribution >= 0.6 is 11.6 Å². The first-order valence-corrected chi connectivity index (χ1v) is 11.3. The lowest BCUT2D eigenvalue weighted by atomic mass is 9.92. The van der Waals surface area contributed by atoms with Crippen molar-refractivity contribution in [2.75, 3.05) is 39.3 Å². The molecule has 4 nitrogen and oxygen atoms in total. The maximum atomic E-state index is 12.5. The van der Waals surface area contributed by atoms with E-state index in [2.05, 4.69) is 41.1 Å². The summed E-state index contributed by atoms with van der Waals surface area (Å²) < 4.78 is 0. The largest absolute Gasteiger partial charge is 0.356 e. The lowest BCUT2D eigenvalue weighted by molar-refractivity contribution is -0.126. The monoisotopic (exact) mass is 405 g/mol. The van der Waals surface area contributed by atoms with Crippen molar-refractivity contribution in [3.8, 4) is 0 Å². The molecule has 2 fully saturated rings. The van der Waals surface area contributed by atoms with Crippen LogP contribution in [0.5, 0.6) is 0 Å². The van der Waals surface area contributed by atoms with Crippen molar-refractivity contribution < 1.29 is 4.79 Å². The Labute approximate surface area is 175 Å². The maximum Gasteiger partial charge on any atom is 0.223 e. The standard InChI is InChI=1S/C23H36ClN3O/c1-18-14-19(2)16-27(15-18)11-3-10-25-23(28)21-8-12-26(13-9-21)17-20-4-6-22(24)7-5-20/h4-7,18-19,21H,3,8-17H2,1-2H3,(H,25,28)/t18-,19-/m1/s1. The first kappa shape index (κ1) is 21.6. The highest BCUT2D eigenvalue weighted by molar-refractivity contribution is 6.30. The van der Waals surface area contributed by atoms with Crippen LogP contribution in [0.1, 0.15) is 45.1 Å². The van der Waals surface area contributed by atoms with Crippen molar-refractivity contribution in [1.82, 2.24) is 15.1 Å². The summed E-state index contributed by atoms with van der Waals surface area (Å²) in [5, 5.41) is 3.97. The molecule has 2 aliphatic heterocycles. The molecule has 0 aliphatic carbocycles. The molecule has 2 atom stereocenters. The number of carbonyl (C=O) groups excluding carboxylic acids is 1. The van der Waals surface area contributed by atoms with E-state index in [9.17, 15) is 4.79 Å². The summed E-state index contributed by atoms with van der Waals surface area (Å²) in [6.45, 7) is 12.0. The minimum Gasteiger partial charge on any atom is -0.356 e. The summed E-state index contributed by atoms with van der Waals surface area (Å²) >= 11 is 5.96. The zero-order chi connectivity index (χ0) is 19.9. The molecule has 1 aromatic rings. The second kappa shape index (κ2) is 10.6. The van der Waals surface area contributed by atoms with Crippen LogP contribution in [0.4, 0.5) is 0 Å². The molecule has 0 aromatic heterocycles. The fraction of sp³-hybridized carbons (Fsp3) is 0.696. The van der Waals surface area contributed by atoms with Gasteiger partial charge < -0.3 is 10.2 Å². The van der Waals surface area contributed by atoms with Gasteiger partial charge in [-0.2, -0.15) is 0 Å². The molecular formula is C23H36ClN3O. The van der Waals surface area contributed by atoms with Gasteiger partial charge in [0.15, 0.2) is 0 Å². The second-order valence-electron chi connectivity index (χ2n) is 9.03. The van der Waals surface area contributed by atoms with Crippen LogP contribution in [0, 0.1) is 17.8 Å². The third-order valence-electron chi connectivity index (χ3n) is 6.17. The molecule has 1 N–H and O–H groups in total. The Balaban J connectivity index is 1.30. The molecule has 0 radical (unpaired) electrons. The predicted molar refractivity (Wildman–Crippen MR) is 116 cm³/mol. The molecule has 0 saturated carbocycles. The number of likely N-dealkylation sites (tertiary alicyclic amines) is 2. The van der Waals surface area contributed by atoms with Crippen molar-refractivity contribution in [2.45, 2.75) is 46.1 Å². The smallest absolute Gasteiger partial charge is 0.223 e. The van der Waals surface area contributed by atoms with Gasteiger partial charge in [-0.05, 0) is 74.8 Å². The summed E-state index contributed by atoms with van der Waals surface area (Å²) in [6, 6.07) is 8.07. The first-order valence-electron chi connectivity index (χ1n) is 11.0. The summed E-state index contributed by atoms with van der Waals surface area (Å²) in [6.07, 6.45) is 4.33. The molecule has 0 unspecified atom stereocenters. The van der Waals surface area contributed by atoms with Gasteiger partial charge in [0.25, 0.3) is 0 Å². The first-order chi connectivity index (χ1) is 13.5. The Morgan fingerprint density at radius 2 is 1.71 bits per heavy atom. The summed E-state index contributed by atoms with van der Waals surface area (Å²) in [5.74, 6) is 2.04. The van der Waals surface area contributed by atoms with Crippen molar-refractivity contribution in [3.63, 3.8) is 0 Å². The van der Waals surface area contributed by atoms with Gasteiger partial charge >= 0.3 is 0 Å². The molecular weight excluding hydrogens is 370 g/mol. The zero-order valence-electron chi connectivity index (χ0n) is 17.5. The van der Waals surface area contributed by atoms with E-state index >= 15 is 0 Å². The number of benzene rings is 1. The van der Waals surface area contributed by atoms with Gasteiger partial charge in [-0.25, -0.2) is 0 Å². The number of hydrogen-bond acceptors (Lipinski definition) is 3. The van der Waals surface area contributed by atoms with E-state index < -0.39 is 0 Å². The van der Waals surface area contributed by atoms with E-state index in [1.54, 1.807) is 0 Å². The normalized spacial score (nSPS) is 25.0. The van der Waals surface area contributed by atoms with Crippen molar-refractivity contribution in [2.24, 2.45) is 17.8 Å². The van der Waals surface area contributed by atoms with E-state index in [1.165, 1.54) is 25.1 Å². The Hall–Kier alpha value is -1.10. The average Bonchev–Trinajstić information content (AvgIpc) is 2.67. The van der Waals surface area contributed by atoms with Crippen LogP contribution < -0.4 is 5.32 Å². The summed E-state index contributed by atoms with van der Waals surface area (Å²) in [5.41, 5.74) is 1.29. The Bertz CT molecular complexity index is 603. The number of piperidine rings is 2. The van der Waals surface area contributed by atoms with Crippen LogP contribution in [-0.4, -0.2) is 55.0 Å². The number of hydrogen-bond donors (Lipinski definition) is 1. The molecule has 3 rings (SSSR count). The number of amides is 1. The highest BCUT2D eigenvalue weighted by Crippen LogP contribution is 2.21. The minimum absolute atomic E-state index is 0.177. The molecule has 28 heavy (non-hydrogen) atoms. The highest BCUT2D eigenvalue weighted by Gasteiger charge is 2.25. The average molecular weight is 406 g/mol. The molecule has 156 valence electrons. The SMILES string of the molecule is C[C@@H]1C[C@@H](C)CN(CCCNC(=O)C2CCN(Cc3ccc(Cl)cc3)CC2)C1. The molecule has 5 heteroatoms. The van der Waals surface area contributed by atoms with Crippen LogP contribution in [0.25, 0.3) is 0 Å². The number of rotatable bonds is 7. The lowest BCUT2D eigenvalue weighted by Gasteiger charge is -2.35. The number of carbonyl (C=O) groups is 1. The molecule has 2 saturated heterocycles. The Morgan fingerprint density at radius 1 is 1.07 bits per heavy atom. The maximum absolute atomic E-state index is 12.5. The van der Waals surface area contributed by atoms with Gasteiger partial charge in [0, 0.05) is 37.1 Å². The molecule has 1 amide bonds. The molecule has 2 aliphatic rings. The number of nitrogens with zero attached hydrogens (tertiary/aromatic N) is 2. The quantitative estimate of drug-likeness (QED) is 0.695.